The predicted octanol–water partition coefficient (Wildman–Crippen LogP) is 20.2. The number of fused-ring (bicyclic) bond motifs is 14. The van der Waals surface area contributed by atoms with Gasteiger partial charge in [-0.05, 0) is 148 Å². The Balaban J connectivity index is 1.19. The minimum atomic E-state index is 0.879. The first-order valence-electron chi connectivity index (χ1n) is 29.9. The molecule has 0 saturated carbocycles. The van der Waals surface area contributed by atoms with Crippen LogP contribution in [0.15, 0.2) is 146 Å². The van der Waals surface area contributed by atoms with Gasteiger partial charge in [0.2, 0.25) is 0 Å². The minimum absolute atomic E-state index is 0.879. The molecular formula is C76H62N8. The zero-order valence-corrected chi connectivity index (χ0v) is 48.2. The van der Waals surface area contributed by atoms with E-state index in [1.807, 2.05) is 0 Å². The molecule has 0 radical (unpaired) electrons. The SMILES string of the molecule is CCCCc1c2nc(c(-c3ccc(C)cc3)c3cc4c5cc6nc5c5c7[nH]c(cc7c7cc(nc7c5c4[nH]3)c(-c3ccc(C)cc3)c3ccc1[nH]3)c(-c1ccc(C)cc1)c1nc(c(CCCC)c3ccc([nH]3)c6-c3ccc(C)cc3)C=C1)C=C2. The maximum Gasteiger partial charge on any atom is 0.0818 e. The summed E-state index contributed by atoms with van der Waals surface area (Å²) in [6, 6.07) is 54.0. The Kier molecular flexibility index (Phi) is 11.5. The Morgan fingerprint density at radius 2 is 0.667 bits per heavy atom. The van der Waals surface area contributed by atoms with Crippen molar-refractivity contribution in [2.45, 2.75) is 80.1 Å². The van der Waals surface area contributed by atoms with Gasteiger partial charge in [-0.3, -0.25) is 0 Å². The van der Waals surface area contributed by atoms with Crippen LogP contribution >= 0.6 is 0 Å². The summed E-state index contributed by atoms with van der Waals surface area (Å²) in [7, 11) is 0. The smallest absolute Gasteiger partial charge is 0.0818 e. The zero-order valence-electron chi connectivity index (χ0n) is 48.2. The average molecular weight is 1090 g/mol. The zero-order chi connectivity index (χ0) is 56.5. The maximum atomic E-state index is 5.98. The standard InChI is InChI=1S/C76H62N8/c1-7-9-11-49-55-29-33-59(77-55)67(45-21-13-41(3)14-22-45)63-37-51-53-39-65-69(47-25-17-43(5)18-26-47)61-35-31-57(79-61)50(12-10-8-2)58-32-36-62(80-58)70(48-27-19-44(6)20-28-48)66-40-54-52-38-64(68(60-34-30-56(49)78-60)46-23-15-42(4)16-24-46)82-74(52)71(73(51)81-63)72(75(53)83-65)76(54)84-66/h13-40,77,80,82-83H,7-12H2,1-6H3. The van der Waals surface area contributed by atoms with Crippen molar-refractivity contribution in [1.29, 1.82) is 0 Å². The van der Waals surface area contributed by atoms with Gasteiger partial charge in [0, 0.05) is 98.8 Å². The highest BCUT2D eigenvalue weighted by Crippen LogP contribution is 2.48. The largest absolute Gasteiger partial charge is 0.355 e. The molecule has 16 rings (SSSR count). The van der Waals surface area contributed by atoms with Crippen LogP contribution < -0.4 is 0 Å². The summed E-state index contributed by atoms with van der Waals surface area (Å²) in [5.74, 6) is 0. The fourth-order valence-electron chi connectivity index (χ4n) is 13.5. The highest BCUT2D eigenvalue weighted by Gasteiger charge is 2.26. The van der Waals surface area contributed by atoms with E-state index in [1.165, 1.54) is 33.4 Å². The second-order valence-corrected chi connectivity index (χ2v) is 23.6. The molecule has 4 N–H and O–H groups in total. The van der Waals surface area contributed by atoms with Gasteiger partial charge in [0.05, 0.1) is 55.9 Å². The van der Waals surface area contributed by atoms with E-state index in [-0.39, 0.29) is 0 Å². The van der Waals surface area contributed by atoms with Gasteiger partial charge in [-0.25, -0.2) is 19.9 Å². The van der Waals surface area contributed by atoms with Crippen molar-refractivity contribution in [3.63, 3.8) is 0 Å². The van der Waals surface area contributed by atoms with Gasteiger partial charge in [-0.2, -0.15) is 0 Å². The summed E-state index contributed by atoms with van der Waals surface area (Å²) in [6.07, 6.45) is 14.8. The Hall–Kier alpha value is -9.92. The van der Waals surface area contributed by atoms with E-state index in [4.69, 9.17) is 19.9 Å². The highest BCUT2D eigenvalue weighted by molar-refractivity contribution is 6.39. The molecule has 406 valence electrons. The lowest BCUT2D eigenvalue weighted by molar-refractivity contribution is 0.795. The van der Waals surface area contributed by atoms with Crippen molar-refractivity contribution in [3.05, 3.63) is 202 Å². The van der Waals surface area contributed by atoms with Crippen molar-refractivity contribution >= 4 is 123 Å². The molecule has 8 nitrogen and oxygen atoms in total. The van der Waals surface area contributed by atoms with Crippen molar-refractivity contribution in [2.24, 2.45) is 0 Å². The molecule has 10 heterocycles. The van der Waals surface area contributed by atoms with Crippen LogP contribution in [0.4, 0.5) is 0 Å². The number of H-pyrrole nitrogens is 4. The normalized spacial score (nSPS) is 12.6. The van der Waals surface area contributed by atoms with Crippen molar-refractivity contribution in [3.8, 4) is 44.5 Å². The van der Waals surface area contributed by atoms with E-state index in [2.05, 4.69) is 231 Å². The van der Waals surface area contributed by atoms with Crippen LogP contribution in [0.25, 0.3) is 167 Å². The van der Waals surface area contributed by atoms with Crippen LogP contribution in [-0.2, 0) is 12.8 Å². The molecule has 0 unspecified atom stereocenters. The Morgan fingerprint density at radius 1 is 0.321 bits per heavy atom. The first kappa shape index (κ1) is 49.9. The monoisotopic (exact) mass is 1090 g/mol. The second kappa shape index (κ2) is 19.3. The molecule has 8 heteroatoms. The quantitative estimate of drug-likeness (QED) is 0.109. The van der Waals surface area contributed by atoms with Crippen LogP contribution in [0.5, 0.6) is 0 Å². The van der Waals surface area contributed by atoms with E-state index in [0.717, 1.165) is 204 Å². The number of hydrogen-bond acceptors (Lipinski definition) is 4. The lowest BCUT2D eigenvalue weighted by Crippen LogP contribution is -1.92. The molecule has 84 heavy (non-hydrogen) atoms. The fraction of sp³-hybridized carbons (Fsp3) is 0.158. The molecule has 14 aromatic rings. The average Bonchev–Trinajstić information content (AvgIpc) is 1.69. The molecule has 0 spiro atoms. The van der Waals surface area contributed by atoms with Gasteiger partial charge in [-0.15, -0.1) is 0 Å². The van der Waals surface area contributed by atoms with Crippen LogP contribution in [0.3, 0.4) is 0 Å². The molecule has 0 aliphatic carbocycles. The number of aryl methyl sites for hydroxylation is 6. The molecule has 0 saturated heterocycles. The molecule has 0 amide bonds. The van der Waals surface area contributed by atoms with Crippen molar-refractivity contribution < 1.29 is 0 Å². The van der Waals surface area contributed by atoms with Crippen molar-refractivity contribution in [2.75, 3.05) is 0 Å². The van der Waals surface area contributed by atoms with Gasteiger partial charge >= 0.3 is 0 Å². The van der Waals surface area contributed by atoms with Crippen molar-refractivity contribution in [1.82, 2.24) is 39.9 Å². The maximum absolute atomic E-state index is 5.98. The van der Waals surface area contributed by atoms with Gasteiger partial charge in [0.15, 0.2) is 0 Å². The first-order valence-corrected chi connectivity index (χ1v) is 29.9. The predicted molar refractivity (Wildman–Crippen MR) is 355 cm³/mol. The van der Waals surface area contributed by atoms with Crippen LogP contribution in [-0.4, -0.2) is 39.9 Å². The van der Waals surface area contributed by atoms with E-state index < -0.39 is 0 Å². The van der Waals surface area contributed by atoms with Crippen LogP contribution in [0.1, 0.15) is 95.7 Å². The summed E-state index contributed by atoms with van der Waals surface area (Å²) in [5, 5.41) is 6.26. The third-order valence-electron chi connectivity index (χ3n) is 17.9. The number of benzene rings is 6. The van der Waals surface area contributed by atoms with E-state index >= 15 is 0 Å². The third kappa shape index (κ3) is 7.95. The van der Waals surface area contributed by atoms with E-state index in [0.29, 0.717) is 0 Å². The number of aromatic amines is 4. The van der Waals surface area contributed by atoms with Gasteiger partial charge < -0.3 is 19.9 Å². The Labute approximate surface area is 486 Å². The van der Waals surface area contributed by atoms with Gasteiger partial charge in [0.1, 0.15) is 0 Å². The highest BCUT2D eigenvalue weighted by atomic mass is 14.8. The molecule has 16 bridgehead atoms. The molecule has 0 atom stereocenters. The summed E-state index contributed by atoms with van der Waals surface area (Å²) >= 11 is 0. The topological polar surface area (TPSA) is 115 Å². The van der Waals surface area contributed by atoms with Crippen LogP contribution in [0.2, 0.25) is 0 Å². The van der Waals surface area contributed by atoms with E-state index in [1.54, 1.807) is 0 Å². The summed E-state index contributed by atoms with van der Waals surface area (Å²) in [6.45, 7) is 13.1. The molecule has 6 aromatic carbocycles. The third-order valence-corrected chi connectivity index (χ3v) is 17.9. The van der Waals surface area contributed by atoms with Crippen LogP contribution in [0, 0.1) is 27.7 Å². The number of nitrogens with one attached hydrogen (secondary N) is 4. The summed E-state index contributed by atoms with van der Waals surface area (Å²) in [5.41, 5.74) is 31.1. The summed E-state index contributed by atoms with van der Waals surface area (Å²) < 4.78 is 0. The minimum Gasteiger partial charge on any atom is -0.355 e. The number of rotatable bonds is 10. The Morgan fingerprint density at radius 3 is 1.04 bits per heavy atom. The number of nitrogens with zero attached hydrogens (tertiary/aromatic N) is 4. The Bertz CT molecular complexity index is 4940. The van der Waals surface area contributed by atoms with E-state index in [9.17, 15) is 0 Å². The van der Waals surface area contributed by atoms with Gasteiger partial charge in [-0.1, -0.05) is 146 Å². The fourth-order valence-corrected chi connectivity index (χ4v) is 13.5. The molecule has 2 aliphatic rings. The lowest BCUT2D eigenvalue weighted by atomic mass is 9.97. The molecular weight excluding hydrogens is 1020 g/mol. The summed E-state index contributed by atoms with van der Waals surface area (Å²) in [4.78, 5) is 39.6. The lowest BCUT2D eigenvalue weighted by Gasteiger charge is -2.07. The second-order valence-electron chi connectivity index (χ2n) is 23.6. The number of hydrogen-bond donors (Lipinski definition) is 4. The molecule has 0 fully saturated rings. The molecule has 8 aromatic heterocycles. The van der Waals surface area contributed by atoms with Gasteiger partial charge in [0.25, 0.3) is 0 Å². The first-order chi connectivity index (χ1) is 41.1. The number of unbranched alkanes of at least 4 members (excludes halogenated alkanes) is 2. The molecule has 2 aliphatic heterocycles. The number of aromatic nitrogens is 8.